The fraction of sp³-hybridized carbons (Fsp3) is 0.238. The van der Waals surface area contributed by atoms with Crippen molar-refractivity contribution in [3.63, 3.8) is 0 Å². The molecule has 3 aromatic rings. The van der Waals surface area contributed by atoms with Crippen LogP contribution in [0.5, 0.6) is 0 Å². The molecule has 1 aliphatic rings. The van der Waals surface area contributed by atoms with Crippen LogP contribution in [0, 0.1) is 6.92 Å². The van der Waals surface area contributed by atoms with Crippen LogP contribution in [0.15, 0.2) is 41.3 Å². The van der Waals surface area contributed by atoms with E-state index < -0.39 is 23.4 Å². The summed E-state index contributed by atoms with van der Waals surface area (Å²) in [7, 11) is 0. The molecule has 3 heterocycles. The zero-order valence-corrected chi connectivity index (χ0v) is 16.7. The first-order chi connectivity index (χ1) is 14.9. The van der Waals surface area contributed by atoms with E-state index in [-0.39, 0.29) is 29.8 Å². The van der Waals surface area contributed by atoms with Gasteiger partial charge in [-0.05, 0) is 37.1 Å². The molecule has 0 bridgehead atoms. The first-order valence-electron chi connectivity index (χ1n) is 9.71. The summed E-state index contributed by atoms with van der Waals surface area (Å²) in [6.07, 6.45) is 1.89. The highest BCUT2D eigenvalue weighted by molar-refractivity contribution is 6.07. The van der Waals surface area contributed by atoms with Gasteiger partial charge in [0, 0.05) is 19.2 Å². The summed E-state index contributed by atoms with van der Waals surface area (Å²) in [4.78, 5) is 58.1. The number of hydrogen-bond donors (Lipinski definition) is 3. The van der Waals surface area contributed by atoms with Gasteiger partial charge in [-0.15, -0.1) is 0 Å². The Labute approximate surface area is 176 Å². The van der Waals surface area contributed by atoms with Gasteiger partial charge < -0.3 is 11.1 Å². The molecule has 10 heteroatoms. The Bertz CT molecular complexity index is 1270. The van der Waals surface area contributed by atoms with Crippen LogP contribution >= 0.6 is 0 Å². The van der Waals surface area contributed by atoms with Crippen molar-refractivity contribution < 1.29 is 14.4 Å². The van der Waals surface area contributed by atoms with Crippen molar-refractivity contribution in [3.8, 4) is 0 Å². The number of piperidine rings is 1. The van der Waals surface area contributed by atoms with Gasteiger partial charge in [0.05, 0.1) is 11.1 Å². The van der Waals surface area contributed by atoms with Crippen LogP contribution in [0.25, 0.3) is 10.9 Å². The van der Waals surface area contributed by atoms with Gasteiger partial charge in [0.15, 0.2) is 0 Å². The number of hydrogen-bond acceptors (Lipinski definition) is 7. The minimum absolute atomic E-state index is 0.145. The molecule has 0 spiro atoms. The number of amides is 3. The van der Waals surface area contributed by atoms with Crippen molar-refractivity contribution in [1.82, 2.24) is 19.9 Å². The maximum absolute atomic E-state index is 13.2. The largest absolute Gasteiger partial charge is 0.326 e. The number of anilines is 1. The third-order valence-electron chi connectivity index (χ3n) is 5.17. The number of benzene rings is 1. The lowest BCUT2D eigenvalue weighted by Crippen LogP contribution is -2.45. The van der Waals surface area contributed by atoms with Crippen LogP contribution in [-0.4, -0.2) is 32.3 Å². The van der Waals surface area contributed by atoms with Crippen molar-refractivity contribution >= 4 is 34.3 Å². The van der Waals surface area contributed by atoms with Crippen LogP contribution < -0.4 is 21.9 Å². The molecule has 10 nitrogen and oxygen atoms in total. The van der Waals surface area contributed by atoms with Gasteiger partial charge in [-0.2, -0.15) is 0 Å². The van der Waals surface area contributed by atoms with E-state index in [1.807, 2.05) is 0 Å². The third kappa shape index (κ3) is 3.80. The van der Waals surface area contributed by atoms with E-state index in [1.165, 1.54) is 10.8 Å². The van der Waals surface area contributed by atoms with E-state index in [0.29, 0.717) is 23.6 Å². The molecule has 1 aromatic carbocycles. The first-order valence-corrected chi connectivity index (χ1v) is 9.71. The number of nitrogens with zero attached hydrogens (tertiary/aromatic N) is 3. The molecular formula is C21H20N6O4. The average Bonchev–Trinajstić information content (AvgIpc) is 2.76. The molecule has 4 N–H and O–H groups in total. The van der Waals surface area contributed by atoms with Crippen molar-refractivity contribution in [2.45, 2.75) is 32.4 Å². The highest BCUT2D eigenvalue weighted by Gasteiger charge is 2.30. The highest BCUT2D eigenvalue weighted by atomic mass is 16.2. The molecule has 31 heavy (non-hydrogen) atoms. The van der Waals surface area contributed by atoms with Crippen molar-refractivity contribution in [3.05, 3.63) is 64.0 Å². The molecule has 1 fully saturated rings. The number of aromatic nitrogens is 3. The quantitative estimate of drug-likeness (QED) is 0.528. The summed E-state index contributed by atoms with van der Waals surface area (Å²) in [6.45, 7) is 1.93. The normalized spacial score (nSPS) is 16.3. The Morgan fingerprint density at radius 1 is 1.26 bits per heavy atom. The number of aryl methyl sites for hydroxylation is 1. The minimum atomic E-state index is -0.814. The van der Waals surface area contributed by atoms with Crippen LogP contribution in [0.4, 0.5) is 5.69 Å². The van der Waals surface area contributed by atoms with Crippen LogP contribution in [0.3, 0.4) is 0 Å². The number of nitrogens with one attached hydrogen (secondary N) is 2. The summed E-state index contributed by atoms with van der Waals surface area (Å²) < 4.78 is 1.29. The Kier molecular flexibility index (Phi) is 5.30. The lowest BCUT2D eigenvalue weighted by Gasteiger charge is -2.24. The van der Waals surface area contributed by atoms with Crippen LogP contribution in [-0.2, 0) is 16.1 Å². The maximum atomic E-state index is 13.2. The molecule has 1 unspecified atom stereocenters. The van der Waals surface area contributed by atoms with E-state index in [9.17, 15) is 19.2 Å². The SMILES string of the molecule is Cc1nc2c(NC(=O)c3ccc(CN)cn3)cccc2c(=O)n1C1CCC(=O)NC1=O. The standard InChI is InChI=1S/C21H20N6O4/c1-11-24-18-13(21(31)27(11)16-7-8-17(28)26-20(16)30)3-2-4-14(18)25-19(29)15-6-5-12(9-22)10-23-15/h2-6,10,16H,7-9,22H2,1H3,(H,25,29)(H,26,28,30). The number of pyridine rings is 1. The molecule has 158 valence electrons. The van der Waals surface area contributed by atoms with Crippen LogP contribution in [0.1, 0.15) is 40.8 Å². The van der Waals surface area contributed by atoms with E-state index in [1.54, 1.807) is 37.3 Å². The van der Waals surface area contributed by atoms with Gasteiger partial charge >= 0.3 is 0 Å². The molecular weight excluding hydrogens is 400 g/mol. The van der Waals surface area contributed by atoms with Crippen molar-refractivity contribution in [2.75, 3.05) is 5.32 Å². The lowest BCUT2D eigenvalue weighted by atomic mass is 10.1. The predicted octanol–water partition coefficient (Wildman–Crippen LogP) is 0.789. The number of para-hydroxylation sites is 1. The summed E-state index contributed by atoms with van der Waals surface area (Å²) in [5, 5.41) is 5.25. The molecule has 0 aliphatic carbocycles. The fourth-order valence-electron chi connectivity index (χ4n) is 3.59. The van der Waals surface area contributed by atoms with E-state index >= 15 is 0 Å². The second-order valence-corrected chi connectivity index (χ2v) is 7.21. The zero-order valence-electron chi connectivity index (χ0n) is 16.7. The zero-order chi connectivity index (χ0) is 22.1. The second kappa shape index (κ2) is 8.07. The van der Waals surface area contributed by atoms with Gasteiger partial charge in [-0.3, -0.25) is 34.0 Å². The van der Waals surface area contributed by atoms with E-state index in [2.05, 4.69) is 20.6 Å². The number of carbonyl (C=O) groups is 3. The summed E-state index contributed by atoms with van der Waals surface area (Å²) in [5.41, 5.74) is 6.78. The molecule has 1 atom stereocenters. The van der Waals surface area contributed by atoms with Gasteiger partial charge in [0.25, 0.3) is 11.5 Å². The summed E-state index contributed by atoms with van der Waals surface area (Å²) in [5.74, 6) is -1.04. The Hall–Kier alpha value is -3.92. The maximum Gasteiger partial charge on any atom is 0.274 e. The van der Waals surface area contributed by atoms with E-state index in [0.717, 1.165) is 5.56 Å². The molecule has 3 amide bonds. The Morgan fingerprint density at radius 3 is 2.74 bits per heavy atom. The minimum Gasteiger partial charge on any atom is -0.326 e. The second-order valence-electron chi connectivity index (χ2n) is 7.21. The monoisotopic (exact) mass is 420 g/mol. The molecule has 2 aromatic heterocycles. The van der Waals surface area contributed by atoms with Crippen LogP contribution in [0.2, 0.25) is 0 Å². The molecule has 0 radical (unpaired) electrons. The average molecular weight is 420 g/mol. The smallest absolute Gasteiger partial charge is 0.274 e. The van der Waals surface area contributed by atoms with Crippen molar-refractivity contribution in [1.29, 1.82) is 0 Å². The topological polar surface area (TPSA) is 149 Å². The first kappa shape index (κ1) is 20.4. The fourth-order valence-corrected chi connectivity index (χ4v) is 3.59. The summed E-state index contributed by atoms with van der Waals surface area (Å²) in [6, 6.07) is 7.30. The predicted molar refractivity (Wildman–Crippen MR) is 112 cm³/mol. The number of fused-ring (bicyclic) bond motifs is 1. The number of imide groups is 1. The highest BCUT2D eigenvalue weighted by Crippen LogP contribution is 2.23. The Morgan fingerprint density at radius 2 is 2.06 bits per heavy atom. The van der Waals surface area contributed by atoms with Gasteiger partial charge in [-0.1, -0.05) is 12.1 Å². The number of nitrogens with two attached hydrogens (primary N) is 1. The summed E-state index contributed by atoms with van der Waals surface area (Å²) >= 11 is 0. The molecule has 1 saturated heterocycles. The molecule has 1 aliphatic heterocycles. The lowest BCUT2D eigenvalue weighted by molar-refractivity contribution is -0.135. The van der Waals surface area contributed by atoms with Gasteiger partial charge in [-0.25, -0.2) is 4.98 Å². The van der Waals surface area contributed by atoms with Gasteiger partial charge in [0.2, 0.25) is 11.8 Å². The van der Waals surface area contributed by atoms with Crippen molar-refractivity contribution in [2.24, 2.45) is 5.73 Å². The third-order valence-corrected chi connectivity index (χ3v) is 5.17. The number of rotatable bonds is 4. The molecule has 4 rings (SSSR count). The van der Waals surface area contributed by atoms with Gasteiger partial charge in [0.1, 0.15) is 23.1 Å². The Balaban J connectivity index is 1.72. The number of carbonyl (C=O) groups excluding carboxylic acids is 3. The van der Waals surface area contributed by atoms with E-state index in [4.69, 9.17) is 5.73 Å². The molecule has 0 saturated carbocycles.